The number of rotatable bonds is 6. The lowest BCUT2D eigenvalue weighted by molar-refractivity contribution is -0.173. The number of ether oxygens (including phenoxy) is 1. The van der Waals surface area contributed by atoms with Crippen LogP contribution in [0, 0.1) is 0 Å². The molecule has 0 saturated carbocycles. The average molecular weight is 307 g/mol. The smallest absolute Gasteiger partial charge is 0.371 e. The zero-order valence-corrected chi connectivity index (χ0v) is 11.3. The summed E-state index contributed by atoms with van der Waals surface area (Å²) in [6, 6.07) is 7.61. The Hall–Kier alpha value is -1.24. The summed E-state index contributed by atoms with van der Waals surface area (Å²) in [5, 5.41) is 4.54. The standard InChI is InChI=1S/C13H14ClF3N2O/c14-12-9-3-1-2-4-10(9)19-11(12)7-18-5-6-20-8-13(15,16)17/h1-4,18-19H,5-8H2. The van der Waals surface area contributed by atoms with Crippen LogP contribution in [-0.4, -0.2) is 30.9 Å². The summed E-state index contributed by atoms with van der Waals surface area (Å²) >= 11 is 6.21. The Kier molecular flexibility index (Phi) is 4.91. The fourth-order valence-corrected chi connectivity index (χ4v) is 2.11. The summed E-state index contributed by atoms with van der Waals surface area (Å²) in [6.07, 6.45) is -4.28. The first-order chi connectivity index (χ1) is 9.47. The van der Waals surface area contributed by atoms with Crippen LogP contribution in [0.2, 0.25) is 5.02 Å². The molecule has 0 saturated heterocycles. The molecule has 0 unspecified atom stereocenters. The maximum atomic E-state index is 11.8. The van der Waals surface area contributed by atoms with Crippen LogP contribution in [-0.2, 0) is 11.3 Å². The van der Waals surface area contributed by atoms with E-state index >= 15 is 0 Å². The molecule has 0 amide bonds. The predicted octanol–water partition coefficient (Wildman–Crippen LogP) is 3.49. The number of fused-ring (bicyclic) bond motifs is 1. The summed E-state index contributed by atoms with van der Waals surface area (Å²) in [6.45, 7) is -0.455. The zero-order chi connectivity index (χ0) is 14.6. The predicted molar refractivity (Wildman–Crippen MR) is 71.9 cm³/mol. The van der Waals surface area contributed by atoms with E-state index in [1.807, 2.05) is 24.3 Å². The third kappa shape index (κ3) is 4.13. The van der Waals surface area contributed by atoms with Crippen LogP contribution in [0.1, 0.15) is 5.69 Å². The second-order valence-corrected chi connectivity index (χ2v) is 4.69. The molecule has 0 aliphatic rings. The van der Waals surface area contributed by atoms with Crippen molar-refractivity contribution in [2.75, 3.05) is 19.8 Å². The second-order valence-electron chi connectivity index (χ2n) is 4.31. The highest BCUT2D eigenvalue weighted by Crippen LogP contribution is 2.26. The van der Waals surface area contributed by atoms with Crippen LogP contribution in [0.4, 0.5) is 13.2 Å². The van der Waals surface area contributed by atoms with Crippen molar-refractivity contribution < 1.29 is 17.9 Å². The van der Waals surface area contributed by atoms with Crippen molar-refractivity contribution >= 4 is 22.5 Å². The molecule has 0 aliphatic carbocycles. The molecule has 2 rings (SSSR count). The van der Waals surface area contributed by atoms with Gasteiger partial charge in [0, 0.05) is 29.7 Å². The van der Waals surface area contributed by atoms with E-state index in [4.69, 9.17) is 11.6 Å². The summed E-state index contributed by atoms with van der Waals surface area (Å²) in [7, 11) is 0. The van der Waals surface area contributed by atoms with Gasteiger partial charge in [-0.3, -0.25) is 0 Å². The Morgan fingerprint density at radius 2 is 2.00 bits per heavy atom. The van der Waals surface area contributed by atoms with Gasteiger partial charge in [0.2, 0.25) is 0 Å². The molecule has 7 heteroatoms. The fraction of sp³-hybridized carbons (Fsp3) is 0.385. The van der Waals surface area contributed by atoms with E-state index in [9.17, 15) is 13.2 Å². The highest BCUT2D eigenvalue weighted by molar-refractivity contribution is 6.36. The van der Waals surface area contributed by atoms with Crippen molar-refractivity contribution in [1.29, 1.82) is 0 Å². The van der Waals surface area contributed by atoms with Crippen LogP contribution < -0.4 is 5.32 Å². The maximum Gasteiger partial charge on any atom is 0.411 e. The molecule has 3 nitrogen and oxygen atoms in total. The number of para-hydroxylation sites is 1. The third-order valence-electron chi connectivity index (χ3n) is 2.70. The molecule has 0 atom stereocenters. The van der Waals surface area contributed by atoms with E-state index < -0.39 is 12.8 Å². The lowest BCUT2D eigenvalue weighted by Gasteiger charge is -2.08. The van der Waals surface area contributed by atoms with Crippen molar-refractivity contribution in [3.63, 3.8) is 0 Å². The molecule has 0 spiro atoms. The Labute approximate surface area is 119 Å². The second kappa shape index (κ2) is 6.47. The molecule has 0 aliphatic heterocycles. The molecule has 1 heterocycles. The van der Waals surface area contributed by atoms with Gasteiger partial charge < -0.3 is 15.0 Å². The number of nitrogens with one attached hydrogen (secondary N) is 2. The van der Waals surface area contributed by atoms with Crippen molar-refractivity contribution in [3.05, 3.63) is 35.0 Å². The molecule has 1 aromatic carbocycles. The summed E-state index contributed by atoms with van der Waals surface area (Å²) in [5.41, 5.74) is 1.74. The van der Waals surface area contributed by atoms with Gasteiger partial charge in [-0.05, 0) is 6.07 Å². The van der Waals surface area contributed by atoms with Crippen molar-refractivity contribution in [2.45, 2.75) is 12.7 Å². The molecule has 0 fully saturated rings. The topological polar surface area (TPSA) is 37.0 Å². The minimum absolute atomic E-state index is 0.00262. The monoisotopic (exact) mass is 306 g/mol. The first-order valence-corrected chi connectivity index (χ1v) is 6.45. The third-order valence-corrected chi connectivity index (χ3v) is 3.14. The van der Waals surface area contributed by atoms with Crippen LogP contribution in [0.5, 0.6) is 0 Å². The lowest BCUT2D eigenvalue weighted by atomic mass is 10.2. The molecule has 20 heavy (non-hydrogen) atoms. The van der Waals surface area contributed by atoms with E-state index in [-0.39, 0.29) is 6.61 Å². The number of hydrogen-bond acceptors (Lipinski definition) is 2. The van der Waals surface area contributed by atoms with E-state index in [1.165, 1.54) is 0 Å². The van der Waals surface area contributed by atoms with E-state index in [1.54, 1.807) is 0 Å². The summed E-state index contributed by atoms with van der Waals surface area (Å²) in [5.74, 6) is 0. The summed E-state index contributed by atoms with van der Waals surface area (Å²) < 4.78 is 40.0. The quantitative estimate of drug-likeness (QED) is 0.802. The minimum Gasteiger partial charge on any atom is -0.371 e. The molecule has 0 bridgehead atoms. The number of aromatic nitrogens is 1. The Bertz CT molecular complexity index is 568. The first-order valence-electron chi connectivity index (χ1n) is 6.07. The Balaban J connectivity index is 1.77. The van der Waals surface area contributed by atoms with Gasteiger partial charge in [-0.2, -0.15) is 13.2 Å². The highest BCUT2D eigenvalue weighted by atomic mass is 35.5. The maximum absolute atomic E-state index is 11.8. The van der Waals surface area contributed by atoms with Gasteiger partial charge in [-0.15, -0.1) is 0 Å². The van der Waals surface area contributed by atoms with Crippen molar-refractivity contribution in [1.82, 2.24) is 10.3 Å². The SMILES string of the molecule is FC(F)(F)COCCNCc1[nH]c2ccccc2c1Cl. The molecular weight excluding hydrogens is 293 g/mol. The van der Waals surface area contributed by atoms with Crippen LogP contribution in [0.25, 0.3) is 10.9 Å². The molecule has 1 aromatic heterocycles. The van der Waals surface area contributed by atoms with Gasteiger partial charge in [0.05, 0.1) is 11.6 Å². The normalized spacial score (nSPS) is 12.2. The largest absolute Gasteiger partial charge is 0.411 e. The molecule has 110 valence electrons. The highest BCUT2D eigenvalue weighted by Gasteiger charge is 2.27. The average Bonchev–Trinajstić information content (AvgIpc) is 2.70. The Morgan fingerprint density at radius 3 is 2.70 bits per heavy atom. The van der Waals surface area contributed by atoms with E-state index in [0.29, 0.717) is 18.1 Å². The number of halogens is 4. The summed E-state index contributed by atoms with van der Waals surface area (Å²) in [4.78, 5) is 3.16. The zero-order valence-electron chi connectivity index (χ0n) is 10.6. The number of hydrogen-bond donors (Lipinski definition) is 2. The lowest BCUT2D eigenvalue weighted by Crippen LogP contribution is -2.23. The minimum atomic E-state index is -4.28. The molecular formula is C13H14ClF3N2O. The van der Waals surface area contributed by atoms with Crippen molar-refractivity contribution in [3.8, 4) is 0 Å². The van der Waals surface area contributed by atoms with Gasteiger partial charge in [-0.25, -0.2) is 0 Å². The Morgan fingerprint density at radius 1 is 1.25 bits per heavy atom. The van der Waals surface area contributed by atoms with Crippen LogP contribution in [0.15, 0.2) is 24.3 Å². The molecule has 0 radical (unpaired) electrons. The first kappa shape index (κ1) is 15.2. The van der Waals surface area contributed by atoms with E-state index in [0.717, 1.165) is 16.6 Å². The van der Waals surface area contributed by atoms with Gasteiger partial charge in [-0.1, -0.05) is 29.8 Å². The fourth-order valence-electron chi connectivity index (χ4n) is 1.83. The van der Waals surface area contributed by atoms with Gasteiger partial charge in [0.15, 0.2) is 0 Å². The number of H-pyrrole nitrogens is 1. The molecule has 2 aromatic rings. The number of benzene rings is 1. The van der Waals surface area contributed by atoms with E-state index in [2.05, 4.69) is 15.0 Å². The van der Waals surface area contributed by atoms with Crippen molar-refractivity contribution in [2.24, 2.45) is 0 Å². The van der Waals surface area contributed by atoms with Crippen LogP contribution >= 0.6 is 11.6 Å². The number of aromatic amines is 1. The molecule has 2 N–H and O–H groups in total. The van der Waals surface area contributed by atoms with Gasteiger partial charge >= 0.3 is 6.18 Å². The van der Waals surface area contributed by atoms with Gasteiger partial charge in [0.25, 0.3) is 0 Å². The van der Waals surface area contributed by atoms with Gasteiger partial charge in [0.1, 0.15) is 6.61 Å². The number of alkyl halides is 3. The van der Waals surface area contributed by atoms with Crippen LogP contribution in [0.3, 0.4) is 0 Å².